The molecule has 2 aromatic rings. The van der Waals surface area contributed by atoms with Crippen molar-refractivity contribution in [2.75, 3.05) is 25.0 Å². The molecule has 3 rings (SSSR count). The summed E-state index contributed by atoms with van der Waals surface area (Å²) < 4.78 is 5.78. The number of aliphatic carboxylic acids is 1. The number of aromatic nitrogens is 1. The van der Waals surface area contributed by atoms with Crippen molar-refractivity contribution in [3.8, 4) is 5.75 Å². The molecule has 0 atom stereocenters. The molecule has 7 nitrogen and oxygen atoms in total. The average molecular weight is 432 g/mol. The van der Waals surface area contributed by atoms with Gasteiger partial charge in [0, 0.05) is 54.2 Å². The standard InChI is InChI=1S/C22H26ClN3O4/c23-17-13-16(22(29)26(19-3-1-4-19)11-2-5-21(27)28)14-20(15-17)30-12-10-25-18-6-8-24-9-7-18/h6-9,13-15,19H,1-5,10-12H2,(H,24,25)(H,27,28). The Kier molecular flexibility index (Phi) is 7.90. The van der Waals surface area contributed by atoms with Gasteiger partial charge in [0.2, 0.25) is 0 Å². The molecule has 0 bridgehead atoms. The number of carbonyl (C=O) groups excluding carboxylic acids is 1. The molecule has 0 aliphatic heterocycles. The van der Waals surface area contributed by atoms with Crippen LogP contribution >= 0.6 is 11.6 Å². The second-order valence-electron chi connectivity index (χ2n) is 7.27. The number of hydrogen-bond donors (Lipinski definition) is 2. The topological polar surface area (TPSA) is 91.8 Å². The first-order valence-corrected chi connectivity index (χ1v) is 10.5. The van der Waals surface area contributed by atoms with E-state index in [0.29, 0.717) is 42.5 Å². The zero-order valence-corrected chi connectivity index (χ0v) is 17.5. The fourth-order valence-corrected chi connectivity index (χ4v) is 3.54. The zero-order chi connectivity index (χ0) is 21.3. The average Bonchev–Trinajstić information content (AvgIpc) is 2.69. The van der Waals surface area contributed by atoms with E-state index in [9.17, 15) is 9.59 Å². The molecule has 1 saturated carbocycles. The third kappa shape index (κ3) is 6.35. The highest BCUT2D eigenvalue weighted by Gasteiger charge is 2.29. The van der Waals surface area contributed by atoms with Crippen molar-refractivity contribution >= 4 is 29.2 Å². The molecule has 8 heteroatoms. The minimum Gasteiger partial charge on any atom is -0.492 e. The van der Waals surface area contributed by atoms with Crippen LogP contribution in [0.4, 0.5) is 5.69 Å². The summed E-state index contributed by atoms with van der Waals surface area (Å²) >= 11 is 6.23. The molecule has 160 valence electrons. The molecule has 1 aromatic heterocycles. The second-order valence-corrected chi connectivity index (χ2v) is 7.70. The summed E-state index contributed by atoms with van der Waals surface area (Å²) in [5.74, 6) is -0.455. The molecule has 1 fully saturated rings. The minimum absolute atomic E-state index is 0.0465. The van der Waals surface area contributed by atoms with E-state index in [4.69, 9.17) is 21.4 Å². The van der Waals surface area contributed by atoms with Gasteiger partial charge < -0.3 is 20.1 Å². The summed E-state index contributed by atoms with van der Waals surface area (Å²) in [4.78, 5) is 29.7. The summed E-state index contributed by atoms with van der Waals surface area (Å²) in [6.07, 6.45) is 6.88. The molecule has 0 spiro atoms. The number of carboxylic acid groups (broad SMARTS) is 1. The van der Waals surface area contributed by atoms with Crippen LogP contribution in [0.2, 0.25) is 5.02 Å². The number of nitrogens with one attached hydrogen (secondary N) is 1. The molecular formula is C22H26ClN3O4. The summed E-state index contributed by atoms with van der Waals surface area (Å²) in [6.45, 7) is 1.42. The van der Waals surface area contributed by atoms with E-state index in [2.05, 4.69) is 10.3 Å². The number of halogens is 1. The van der Waals surface area contributed by atoms with Crippen molar-refractivity contribution in [1.82, 2.24) is 9.88 Å². The van der Waals surface area contributed by atoms with E-state index in [1.54, 1.807) is 35.5 Å². The Morgan fingerprint density at radius 3 is 2.67 bits per heavy atom. The monoisotopic (exact) mass is 431 g/mol. The number of anilines is 1. The highest BCUT2D eigenvalue weighted by molar-refractivity contribution is 6.31. The molecule has 1 heterocycles. The summed E-state index contributed by atoms with van der Waals surface area (Å²) in [7, 11) is 0. The summed E-state index contributed by atoms with van der Waals surface area (Å²) in [5.41, 5.74) is 1.41. The minimum atomic E-state index is -0.852. The van der Waals surface area contributed by atoms with Crippen molar-refractivity contribution in [2.24, 2.45) is 0 Å². The predicted octanol–water partition coefficient (Wildman–Crippen LogP) is 4.09. The van der Waals surface area contributed by atoms with Crippen molar-refractivity contribution in [2.45, 2.75) is 38.1 Å². The molecular weight excluding hydrogens is 406 g/mol. The van der Waals surface area contributed by atoms with Gasteiger partial charge in [-0.25, -0.2) is 0 Å². The summed E-state index contributed by atoms with van der Waals surface area (Å²) in [5, 5.41) is 12.5. The van der Waals surface area contributed by atoms with Gasteiger partial charge in [0.05, 0.1) is 0 Å². The van der Waals surface area contributed by atoms with Gasteiger partial charge in [-0.3, -0.25) is 14.6 Å². The number of ether oxygens (including phenoxy) is 1. The van der Waals surface area contributed by atoms with Crippen LogP contribution < -0.4 is 10.1 Å². The number of amides is 1. The molecule has 1 amide bonds. The van der Waals surface area contributed by atoms with Gasteiger partial charge in [0.25, 0.3) is 5.91 Å². The van der Waals surface area contributed by atoms with Crippen molar-refractivity contribution < 1.29 is 19.4 Å². The number of pyridine rings is 1. The molecule has 0 unspecified atom stereocenters. The Bertz CT molecular complexity index is 859. The van der Waals surface area contributed by atoms with E-state index in [1.807, 2.05) is 12.1 Å². The van der Waals surface area contributed by atoms with E-state index >= 15 is 0 Å². The van der Waals surface area contributed by atoms with E-state index in [0.717, 1.165) is 24.9 Å². The quantitative estimate of drug-likeness (QED) is 0.521. The maximum absolute atomic E-state index is 13.1. The van der Waals surface area contributed by atoms with Crippen LogP contribution in [0.25, 0.3) is 0 Å². The first-order valence-electron chi connectivity index (χ1n) is 10.1. The Morgan fingerprint density at radius 2 is 2.00 bits per heavy atom. The number of hydrogen-bond acceptors (Lipinski definition) is 5. The van der Waals surface area contributed by atoms with Crippen LogP contribution in [0.1, 0.15) is 42.5 Å². The largest absolute Gasteiger partial charge is 0.492 e. The molecule has 1 aromatic carbocycles. The normalized spacial score (nSPS) is 13.4. The number of benzene rings is 1. The fraction of sp³-hybridized carbons (Fsp3) is 0.409. The van der Waals surface area contributed by atoms with Crippen LogP contribution in [0.3, 0.4) is 0 Å². The SMILES string of the molecule is O=C(O)CCCN(C(=O)c1cc(Cl)cc(OCCNc2ccncc2)c1)C1CCC1. The lowest BCUT2D eigenvalue weighted by atomic mass is 9.90. The Labute approximate surface area is 181 Å². The zero-order valence-electron chi connectivity index (χ0n) is 16.7. The van der Waals surface area contributed by atoms with Crippen LogP contribution in [0, 0.1) is 0 Å². The Balaban J connectivity index is 1.60. The maximum Gasteiger partial charge on any atom is 0.303 e. The van der Waals surface area contributed by atoms with Crippen LogP contribution in [0.15, 0.2) is 42.7 Å². The van der Waals surface area contributed by atoms with Gasteiger partial charge in [-0.2, -0.15) is 0 Å². The summed E-state index contributed by atoms with van der Waals surface area (Å²) in [6, 6.07) is 8.92. The molecule has 1 aliphatic rings. The third-order valence-corrected chi connectivity index (χ3v) is 5.28. The van der Waals surface area contributed by atoms with Gasteiger partial charge in [-0.1, -0.05) is 11.6 Å². The van der Waals surface area contributed by atoms with Gasteiger partial charge >= 0.3 is 5.97 Å². The molecule has 1 aliphatic carbocycles. The lowest BCUT2D eigenvalue weighted by Crippen LogP contribution is -2.44. The maximum atomic E-state index is 13.1. The van der Waals surface area contributed by atoms with Crippen molar-refractivity contribution in [3.63, 3.8) is 0 Å². The highest BCUT2D eigenvalue weighted by atomic mass is 35.5. The van der Waals surface area contributed by atoms with Crippen LogP contribution in [0.5, 0.6) is 5.75 Å². The Morgan fingerprint density at radius 1 is 1.23 bits per heavy atom. The van der Waals surface area contributed by atoms with E-state index < -0.39 is 5.97 Å². The second kappa shape index (κ2) is 10.8. The van der Waals surface area contributed by atoms with Crippen LogP contribution in [-0.2, 0) is 4.79 Å². The van der Waals surface area contributed by atoms with E-state index in [-0.39, 0.29) is 18.4 Å². The number of carboxylic acids is 1. The molecule has 0 radical (unpaired) electrons. The van der Waals surface area contributed by atoms with Gasteiger partial charge in [0.1, 0.15) is 12.4 Å². The molecule has 2 N–H and O–H groups in total. The van der Waals surface area contributed by atoms with Crippen molar-refractivity contribution in [1.29, 1.82) is 0 Å². The van der Waals surface area contributed by atoms with Gasteiger partial charge in [-0.15, -0.1) is 0 Å². The highest BCUT2D eigenvalue weighted by Crippen LogP contribution is 2.28. The van der Waals surface area contributed by atoms with Gasteiger partial charge in [0.15, 0.2) is 0 Å². The molecule has 0 saturated heterocycles. The predicted molar refractivity (Wildman–Crippen MR) is 115 cm³/mol. The van der Waals surface area contributed by atoms with Gasteiger partial charge in [-0.05, 0) is 56.0 Å². The number of nitrogens with zero attached hydrogens (tertiary/aromatic N) is 2. The lowest BCUT2D eigenvalue weighted by Gasteiger charge is -2.37. The van der Waals surface area contributed by atoms with E-state index in [1.165, 1.54) is 0 Å². The van der Waals surface area contributed by atoms with Crippen molar-refractivity contribution in [3.05, 3.63) is 53.3 Å². The lowest BCUT2D eigenvalue weighted by molar-refractivity contribution is -0.137. The smallest absolute Gasteiger partial charge is 0.303 e. The first-order chi connectivity index (χ1) is 14.5. The third-order valence-electron chi connectivity index (χ3n) is 5.06. The number of rotatable bonds is 11. The Hall–Kier alpha value is -2.80. The fourth-order valence-electron chi connectivity index (χ4n) is 3.32. The van der Waals surface area contributed by atoms with Crippen LogP contribution in [-0.4, -0.2) is 52.6 Å². The molecule has 30 heavy (non-hydrogen) atoms. The number of carbonyl (C=O) groups is 2. The first kappa shape index (κ1) is 21.9.